The minimum Gasteiger partial charge on any atom is -0.455 e. The van der Waals surface area contributed by atoms with Gasteiger partial charge in [0, 0.05) is 38.4 Å². The van der Waals surface area contributed by atoms with Gasteiger partial charge in [0.2, 0.25) is 0 Å². The van der Waals surface area contributed by atoms with Gasteiger partial charge in [-0.3, -0.25) is 0 Å². The predicted molar refractivity (Wildman–Crippen MR) is 229 cm³/mol. The highest BCUT2D eigenvalue weighted by molar-refractivity contribution is 6.12. The van der Waals surface area contributed by atoms with Crippen molar-refractivity contribution in [1.29, 1.82) is 0 Å². The van der Waals surface area contributed by atoms with Crippen LogP contribution < -0.4 is 0 Å². The number of para-hydroxylation sites is 2. The molecule has 11 aromatic rings. The Morgan fingerprint density at radius 2 is 0.857 bits per heavy atom. The van der Waals surface area contributed by atoms with Crippen LogP contribution in [0.1, 0.15) is 0 Å². The van der Waals surface area contributed by atoms with E-state index in [4.69, 9.17) is 19.4 Å². The molecule has 5 nitrogen and oxygen atoms in total. The van der Waals surface area contributed by atoms with Gasteiger partial charge in [-0.2, -0.15) is 0 Å². The lowest BCUT2D eigenvalue weighted by Gasteiger charge is -2.10. The third kappa shape index (κ3) is 5.37. The Kier molecular flexibility index (Phi) is 7.42. The van der Waals surface area contributed by atoms with Crippen molar-refractivity contribution in [2.24, 2.45) is 0 Å². The number of fused-ring (bicyclic) bond motifs is 6. The maximum atomic E-state index is 6.76. The van der Waals surface area contributed by atoms with Gasteiger partial charge in [0.15, 0.2) is 17.5 Å². The maximum absolute atomic E-state index is 6.76. The SMILES string of the molecule is c1ccc(-c2ccc(-n3c4ccccc4c4ccc(-c5ccc6c(c5)oc5c(-c7nc(-c8ccccc8)nc(-c8ccccc8)n7)cccc56)cc43)cc2)cc1. The van der Waals surface area contributed by atoms with Gasteiger partial charge in [-0.1, -0.05) is 152 Å². The van der Waals surface area contributed by atoms with Crippen LogP contribution in [-0.4, -0.2) is 19.5 Å². The summed E-state index contributed by atoms with van der Waals surface area (Å²) in [6, 6.07) is 67.6. The summed E-state index contributed by atoms with van der Waals surface area (Å²) >= 11 is 0. The minimum absolute atomic E-state index is 0.567. The molecule has 0 fully saturated rings. The number of hydrogen-bond donors (Lipinski definition) is 0. The van der Waals surface area contributed by atoms with Gasteiger partial charge in [0.25, 0.3) is 0 Å². The molecular weight excluding hydrogens is 685 g/mol. The van der Waals surface area contributed by atoms with E-state index in [-0.39, 0.29) is 0 Å². The average molecular weight is 717 g/mol. The first kappa shape index (κ1) is 31.9. The smallest absolute Gasteiger partial charge is 0.167 e. The lowest BCUT2D eigenvalue weighted by atomic mass is 10.0. The van der Waals surface area contributed by atoms with Crippen LogP contribution in [0.4, 0.5) is 0 Å². The normalized spacial score (nSPS) is 11.6. The van der Waals surface area contributed by atoms with E-state index in [1.165, 1.54) is 27.4 Å². The van der Waals surface area contributed by atoms with Crippen molar-refractivity contribution in [3.63, 3.8) is 0 Å². The monoisotopic (exact) mass is 716 g/mol. The number of hydrogen-bond acceptors (Lipinski definition) is 4. The number of nitrogens with zero attached hydrogens (tertiary/aromatic N) is 4. The molecule has 0 aliphatic heterocycles. The second-order valence-corrected chi connectivity index (χ2v) is 14.0. The molecule has 3 heterocycles. The molecule has 0 saturated carbocycles. The minimum atomic E-state index is 0.567. The summed E-state index contributed by atoms with van der Waals surface area (Å²) in [6.07, 6.45) is 0. The van der Waals surface area contributed by atoms with Crippen molar-refractivity contribution in [2.75, 3.05) is 0 Å². The molecule has 0 bridgehead atoms. The second-order valence-electron chi connectivity index (χ2n) is 14.0. The quantitative estimate of drug-likeness (QED) is 0.172. The molecule has 56 heavy (non-hydrogen) atoms. The number of rotatable bonds is 6. The molecule has 0 aliphatic rings. The zero-order valence-corrected chi connectivity index (χ0v) is 30.2. The van der Waals surface area contributed by atoms with Gasteiger partial charge in [0.05, 0.1) is 16.6 Å². The van der Waals surface area contributed by atoms with E-state index in [2.05, 4.69) is 126 Å². The largest absolute Gasteiger partial charge is 0.455 e. The Labute approximate surface area is 322 Å². The lowest BCUT2D eigenvalue weighted by molar-refractivity contribution is 0.669. The molecule has 0 amide bonds. The van der Waals surface area contributed by atoms with Crippen LogP contribution in [0.5, 0.6) is 0 Å². The van der Waals surface area contributed by atoms with Crippen LogP contribution in [0.3, 0.4) is 0 Å². The van der Waals surface area contributed by atoms with E-state index in [1.807, 2.05) is 72.8 Å². The fourth-order valence-electron chi connectivity index (χ4n) is 7.94. The van der Waals surface area contributed by atoms with Gasteiger partial charge in [-0.15, -0.1) is 0 Å². The highest BCUT2D eigenvalue weighted by atomic mass is 16.3. The summed E-state index contributed by atoms with van der Waals surface area (Å²) in [6.45, 7) is 0. The van der Waals surface area contributed by atoms with Crippen LogP contribution in [0, 0.1) is 0 Å². The summed E-state index contributed by atoms with van der Waals surface area (Å²) in [5, 5.41) is 4.50. The molecule has 0 N–H and O–H groups in total. The first-order valence-corrected chi connectivity index (χ1v) is 18.8. The molecule has 0 saturated heterocycles. The number of benzene rings is 8. The van der Waals surface area contributed by atoms with Crippen molar-refractivity contribution in [1.82, 2.24) is 19.5 Å². The zero-order valence-electron chi connectivity index (χ0n) is 30.2. The summed E-state index contributed by atoms with van der Waals surface area (Å²) in [5.41, 5.74) is 12.3. The Morgan fingerprint density at radius 3 is 1.55 bits per heavy atom. The molecule has 0 unspecified atom stereocenters. The first-order chi connectivity index (χ1) is 27.7. The van der Waals surface area contributed by atoms with Crippen LogP contribution >= 0.6 is 0 Å². The Morgan fingerprint density at radius 1 is 0.339 bits per heavy atom. The molecule has 3 aromatic heterocycles. The third-order valence-corrected chi connectivity index (χ3v) is 10.7. The molecule has 5 heteroatoms. The zero-order chi connectivity index (χ0) is 37.0. The van der Waals surface area contributed by atoms with Crippen molar-refractivity contribution >= 4 is 43.7 Å². The van der Waals surface area contributed by atoms with E-state index in [1.54, 1.807) is 0 Å². The fraction of sp³-hybridized carbons (Fsp3) is 0. The van der Waals surface area contributed by atoms with Gasteiger partial charge >= 0.3 is 0 Å². The highest BCUT2D eigenvalue weighted by Gasteiger charge is 2.19. The molecular formula is C51H32N4O. The van der Waals surface area contributed by atoms with Crippen molar-refractivity contribution in [3.05, 3.63) is 194 Å². The van der Waals surface area contributed by atoms with Gasteiger partial charge in [-0.25, -0.2) is 15.0 Å². The average Bonchev–Trinajstić information content (AvgIpc) is 3.82. The Balaban J connectivity index is 1.03. The van der Waals surface area contributed by atoms with E-state index < -0.39 is 0 Å². The molecule has 0 radical (unpaired) electrons. The summed E-state index contributed by atoms with van der Waals surface area (Å²) in [4.78, 5) is 14.9. The third-order valence-electron chi connectivity index (χ3n) is 10.7. The van der Waals surface area contributed by atoms with E-state index >= 15 is 0 Å². The Hall–Kier alpha value is -7.63. The maximum Gasteiger partial charge on any atom is 0.167 e. The summed E-state index contributed by atoms with van der Waals surface area (Å²) < 4.78 is 9.13. The van der Waals surface area contributed by atoms with E-state index in [9.17, 15) is 0 Å². The summed E-state index contributed by atoms with van der Waals surface area (Å²) in [5.74, 6) is 1.80. The molecule has 0 spiro atoms. The molecule has 0 aliphatic carbocycles. The molecule has 8 aromatic carbocycles. The standard InChI is InChI=1S/C51H32N4O/c1-4-13-33(14-5-1)34-23-27-39(28-24-34)55-45-22-11-10-19-40(45)41-29-25-37(31-46(41)55)38-26-30-42-43-20-12-21-44(48(43)56-47(42)32-38)51-53-49(35-15-6-2-7-16-35)52-50(54-51)36-17-8-3-9-18-36/h1-32H. The highest BCUT2D eigenvalue weighted by Crippen LogP contribution is 2.39. The Bertz CT molecular complexity index is 3160. The van der Waals surface area contributed by atoms with Gasteiger partial charge in [-0.05, 0) is 64.7 Å². The van der Waals surface area contributed by atoms with Gasteiger partial charge < -0.3 is 8.98 Å². The first-order valence-electron chi connectivity index (χ1n) is 18.8. The van der Waals surface area contributed by atoms with Crippen LogP contribution in [0.2, 0.25) is 0 Å². The van der Waals surface area contributed by atoms with Gasteiger partial charge in [0.1, 0.15) is 11.2 Å². The van der Waals surface area contributed by atoms with Crippen LogP contribution in [0.15, 0.2) is 199 Å². The molecule has 262 valence electrons. The van der Waals surface area contributed by atoms with Crippen molar-refractivity contribution < 1.29 is 4.42 Å². The summed E-state index contributed by atoms with van der Waals surface area (Å²) in [7, 11) is 0. The van der Waals surface area contributed by atoms with Crippen LogP contribution in [-0.2, 0) is 0 Å². The second kappa shape index (κ2) is 13.0. The number of aromatic nitrogens is 4. The topological polar surface area (TPSA) is 56.7 Å². The fourth-order valence-corrected chi connectivity index (χ4v) is 7.94. The van der Waals surface area contributed by atoms with Crippen LogP contribution in [0.25, 0.3) is 106 Å². The number of furan rings is 1. The van der Waals surface area contributed by atoms with E-state index in [0.717, 1.165) is 61.0 Å². The molecule has 0 atom stereocenters. The molecule has 11 rings (SSSR count). The lowest BCUT2D eigenvalue weighted by Crippen LogP contribution is -2.00. The van der Waals surface area contributed by atoms with E-state index in [0.29, 0.717) is 17.5 Å². The van der Waals surface area contributed by atoms with Crippen molar-refractivity contribution in [3.8, 4) is 62.1 Å². The predicted octanol–water partition coefficient (Wildman–Crippen LogP) is 13.2. The van der Waals surface area contributed by atoms with Crippen molar-refractivity contribution in [2.45, 2.75) is 0 Å².